The third kappa shape index (κ3) is 11.5. The van der Waals surface area contributed by atoms with Gasteiger partial charge in [-0.3, -0.25) is 0 Å². The highest BCUT2D eigenvalue weighted by Crippen LogP contribution is 2.63. The molecule has 16 aromatic rings. The predicted octanol–water partition coefficient (Wildman–Crippen LogP) is 30.7. The van der Waals surface area contributed by atoms with Crippen LogP contribution in [0.4, 0.5) is 0 Å². The molecule has 91 heavy (non-hydrogen) atoms. The van der Waals surface area contributed by atoms with Gasteiger partial charge in [-0.2, -0.15) is 0 Å². The quantitative estimate of drug-likeness (QED) is 0.0960. The van der Waals surface area contributed by atoms with Crippen LogP contribution >= 0.6 is 170 Å². The molecule has 0 nitrogen and oxygen atoms in total. The number of thiophene rings is 15. The highest BCUT2D eigenvalue weighted by atomic mass is 32.2. The van der Waals surface area contributed by atoms with Crippen LogP contribution in [0.15, 0.2) is 158 Å². The second-order valence-electron chi connectivity index (χ2n) is 23.0. The van der Waals surface area contributed by atoms with Gasteiger partial charge in [-0.25, -0.2) is 0 Å². The lowest BCUT2D eigenvalue weighted by Gasteiger charge is -2.21. The van der Waals surface area contributed by atoms with Crippen LogP contribution < -0.4 is 0 Å². The van der Waals surface area contributed by atoms with Crippen LogP contribution in [0.25, 0.3) is 153 Å². The van der Waals surface area contributed by atoms with Gasteiger partial charge in [-0.1, -0.05) is 0 Å². The zero-order valence-corrected chi connectivity index (χ0v) is 63.4. The van der Waals surface area contributed by atoms with E-state index >= 15 is 0 Å². The van der Waals surface area contributed by atoms with Crippen LogP contribution in [0.1, 0.15) is 48.8 Å². The Balaban J connectivity index is 1.12. The molecule has 0 saturated heterocycles. The highest BCUT2D eigenvalue weighted by molar-refractivity contribution is 7.29. The van der Waals surface area contributed by atoms with Crippen molar-refractivity contribution in [2.45, 2.75) is 69.2 Å². The summed E-state index contributed by atoms with van der Waals surface area (Å²) < 4.78 is 0. The van der Waals surface area contributed by atoms with E-state index in [0.29, 0.717) is 0 Å². The molecule has 450 valence electrons. The standard InChI is InChI=1S/C76H56S15/c1-37-11-21-54(77-37)49-32-64(87-72(49)59-26-16-42(6)82-59)47-31-48(65-33-50(55-22-12-38(2)78-55)73(88-65)60-27-17-43(7)83-60)70(67-35-52(57-24-14-40(4)80-57)75(90-67)62-29-19-45(9)85-62)71(68-36-53(58-25-15-41(5)81-58)76(91-68)63-30-20-46(10)86-63)69(47)66-34-51(56-23-13-39(3)79-56)74(89-66)61-28-18-44(8)84-61/h11-36H,1-10H3. The summed E-state index contributed by atoms with van der Waals surface area (Å²) in [6.07, 6.45) is 0. The Morgan fingerprint density at radius 3 is 0.516 bits per heavy atom. The molecule has 0 bridgehead atoms. The molecule has 0 aliphatic heterocycles. The van der Waals surface area contributed by atoms with Gasteiger partial charge in [-0.05, 0) is 227 Å². The summed E-state index contributed by atoms with van der Waals surface area (Å²) in [6.45, 7) is 22.5. The van der Waals surface area contributed by atoms with E-state index < -0.39 is 0 Å². The lowest BCUT2D eigenvalue weighted by atomic mass is 9.86. The second-order valence-corrected chi connectivity index (χ2v) is 41.1. The first-order valence-electron chi connectivity index (χ1n) is 29.7. The molecule has 0 radical (unpaired) electrons. The maximum atomic E-state index is 2.68. The Morgan fingerprint density at radius 2 is 0.319 bits per heavy atom. The maximum absolute atomic E-state index is 2.68. The van der Waals surface area contributed by atoms with E-state index in [9.17, 15) is 0 Å². The van der Waals surface area contributed by atoms with E-state index in [2.05, 4.69) is 227 Å². The van der Waals surface area contributed by atoms with Gasteiger partial charge in [0.15, 0.2) is 0 Å². The molecule has 15 heteroatoms. The van der Waals surface area contributed by atoms with Crippen molar-refractivity contribution < 1.29 is 0 Å². The topological polar surface area (TPSA) is 0 Å². The fraction of sp³-hybridized carbons (Fsp3) is 0.132. The second kappa shape index (κ2) is 24.5. The Bertz CT molecular complexity index is 4840. The lowest BCUT2D eigenvalue weighted by Crippen LogP contribution is -1.94. The monoisotopic (exact) mass is 1450 g/mol. The van der Waals surface area contributed by atoms with Crippen LogP contribution in [0.2, 0.25) is 0 Å². The molecule has 0 unspecified atom stereocenters. The predicted molar refractivity (Wildman–Crippen MR) is 424 cm³/mol. The van der Waals surface area contributed by atoms with Crippen molar-refractivity contribution in [3.05, 3.63) is 206 Å². The fourth-order valence-corrected chi connectivity index (χ4v) is 27.8. The molecule has 0 spiro atoms. The van der Waals surface area contributed by atoms with E-state index in [4.69, 9.17) is 0 Å². The van der Waals surface area contributed by atoms with Gasteiger partial charge >= 0.3 is 0 Å². The van der Waals surface area contributed by atoms with Crippen molar-refractivity contribution in [3.63, 3.8) is 0 Å². The summed E-state index contributed by atoms with van der Waals surface area (Å²) >= 11 is 29.0. The van der Waals surface area contributed by atoms with Crippen LogP contribution in [-0.2, 0) is 0 Å². The average Bonchev–Trinajstić information content (AvgIpc) is 1.63. The first kappa shape index (κ1) is 60.6. The van der Waals surface area contributed by atoms with E-state index in [-0.39, 0.29) is 0 Å². The normalized spacial score (nSPS) is 11.8. The molecule has 0 aliphatic carbocycles. The van der Waals surface area contributed by atoms with Crippen LogP contribution in [0, 0.1) is 69.2 Å². The summed E-state index contributed by atoms with van der Waals surface area (Å²) in [5.41, 5.74) is 12.9. The highest BCUT2D eigenvalue weighted by Gasteiger charge is 2.33. The lowest BCUT2D eigenvalue weighted by molar-refractivity contribution is 1.64. The third-order valence-electron chi connectivity index (χ3n) is 16.1. The first-order valence-corrected chi connectivity index (χ1v) is 41.9. The molecule has 15 heterocycles. The van der Waals surface area contributed by atoms with Crippen molar-refractivity contribution in [1.82, 2.24) is 0 Å². The zero-order valence-electron chi connectivity index (χ0n) is 51.1. The van der Waals surface area contributed by atoms with Crippen molar-refractivity contribution in [2.75, 3.05) is 0 Å². The van der Waals surface area contributed by atoms with Gasteiger partial charge in [0, 0.05) is 178 Å². The third-order valence-corrected chi connectivity index (χ3v) is 33.0. The zero-order chi connectivity index (χ0) is 62.1. The van der Waals surface area contributed by atoms with Crippen LogP contribution in [0.5, 0.6) is 0 Å². The fourth-order valence-electron chi connectivity index (χ4n) is 11.9. The summed E-state index contributed by atoms with van der Waals surface area (Å²) in [4.78, 5) is 39.3. The molecule has 16 rings (SSSR count). The van der Waals surface area contributed by atoms with Gasteiger partial charge in [-0.15, -0.1) is 170 Å². The van der Waals surface area contributed by atoms with Crippen LogP contribution in [-0.4, -0.2) is 0 Å². The van der Waals surface area contributed by atoms with Gasteiger partial charge in [0.2, 0.25) is 0 Å². The molecule has 0 N–H and O–H groups in total. The number of aryl methyl sites for hydroxylation is 10. The minimum Gasteiger partial charge on any atom is -0.141 e. The van der Waals surface area contributed by atoms with E-state index in [0.717, 1.165) is 0 Å². The van der Waals surface area contributed by atoms with Gasteiger partial charge in [0.25, 0.3) is 0 Å². The Hall–Kier alpha value is -5.28. The van der Waals surface area contributed by atoms with E-state index in [1.54, 1.807) is 0 Å². The molecule has 0 saturated carbocycles. The molecule has 0 atom stereocenters. The maximum Gasteiger partial charge on any atom is 0.0535 e. The minimum absolute atomic E-state index is 1.27. The molecule has 1 aromatic carbocycles. The van der Waals surface area contributed by atoms with Crippen molar-refractivity contribution in [2.24, 2.45) is 0 Å². The summed E-state index contributed by atoms with van der Waals surface area (Å²) in [7, 11) is 0. The molecule has 0 fully saturated rings. The Morgan fingerprint density at radius 1 is 0.143 bits per heavy atom. The summed E-state index contributed by atoms with van der Waals surface area (Å²) in [5, 5.41) is 0. The SMILES string of the molecule is Cc1ccc(-c2cc(-c3cc(-c4cc(-c5ccc(C)s5)c(-c5ccc(C)s5)s4)c(-c4cc(-c5ccc(C)s5)c(-c5ccc(C)s5)s4)c(-c4cc(-c5ccc(C)s5)c(-c5ccc(C)s5)s4)c3-c3cc(-c4ccc(C)s4)c(-c4ccc(C)s4)s3)sc2-c2ccc(C)s2)s1. The van der Waals surface area contributed by atoms with Crippen molar-refractivity contribution in [3.8, 4) is 153 Å². The molecule has 15 aromatic heterocycles. The van der Waals surface area contributed by atoms with Gasteiger partial charge in [0.1, 0.15) is 0 Å². The van der Waals surface area contributed by atoms with Crippen LogP contribution in [0.3, 0.4) is 0 Å². The summed E-state index contributed by atoms with van der Waals surface area (Å²) in [6, 6.07) is 62.3. The molecular formula is C76H56S15. The number of rotatable bonds is 15. The van der Waals surface area contributed by atoms with Crippen molar-refractivity contribution in [1.29, 1.82) is 0 Å². The van der Waals surface area contributed by atoms with E-state index in [1.165, 1.54) is 202 Å². The van der Waals surface area contributed by atoms with Gasteiger partial charge in [0.05, 0.1) is 24.4 Å². The number of hydrogen-bond acceptors (Lipinski definition) is 15. The molecule has 0 aliphatic rings. The molecule has 0 amide bonds. The minimum atomic E-state index is 1.27. The first-order chi connectivity index (χ1) is 44.1. The van der Waals surface area contributed by atoms with E-state index in [1.807, 2.05) is 170 Å². The molecular weight excluding hydrogens is 1390 g/mol. The van der Waals surface area contributed by atoms with Crippen molar-refractivity contribution >= 4 is 170 Å². The number of hydrogen-bond donors (Lipinski definition) is 0. The summed E-state index contributed by atoms with van der Waals surface area (Å²) in [5.74, 6) is 0. The smallest absolute Gasteiger partial charge is 0.0535 e. The number of benzene rings is 1. The average molecular weight is 1450 g/mol. The Labute approximate surface area is 592 Å². The van der Waals surface area contributed by atoms with Gasteiger partial charge < -0.3 is 0 Å². The Kier molecular flexibility index (Phi) is 16.3. The largest absolute Gasteiger partial charge is 0.141 e.